The predicted molar refractivity (Wildman–Crippen MR) is 64.5 cm³/mol. The van der Waals surface area contributed by atoms with Crippen molar-refractivity contribution >= 4 is 0 Å². The van der Waals surface area contributed by atoms with Gasteiger partial charge in [-0.05, 0) is 12.8 Å². The zero-order valence-corrected chi connectivity index (χ0v) is 10.1. The highest BCUT2D eigenvalue weighted by atomic mass is 16.5. The minimum atomic E-state index is -0.372. The Bertz CT molecular complexity index is 368. The third-order valence-electron chi connectivity index (χ3n) is 2.59. The van der Waals surface area contributed by atoms with Crippen molar-refractivity contribution in [1.29, 1.82) is 0 Å². The Balaban J connectivity index is 3.04. The van der Waals surface area contributed by atoms with Gasteiger partial charge in [-0.25, -0.2) is 0 Å². The van der Waals surface area contributed by atoms with Crippen molar-refractivity contribution in [2.75, 3.05) is 20.8 Å². The van der Waals surface area contributed by atoms with Gasteiger partial charge >= 0.3 is 0 Å². The van der Waals surface area contributed by atoms with Crippen molar-refractivity contribution in [1.82, 2.24) is 0 Å². The number of phenolic OH excluding ortho intramolecular Hbond substituents is 1. The largest absolute Gasteiger partial charge is 0.507 e. The van der Waals surface area contributed by atoms with E-state index in [2.05, 4.69) is 0 Å². The molecule has 1 atom stereocenters. The molecule has 5 nitrogen and oxygen atoms in total. The summed E-state index contributed by atoms with van der Waals surface area (Å²) in [6.07, 6.45) is 1.16. The number of methoxy groups -OCH3 is 2. The lowest BCUT2D eigenvalue weighted by Gasteiger charge is -2.17. The van der Waals surface area contributed by atoms with E-state index < -0.39 is 0 Å². The lowest BCUT2D eigenvalue weighted by Crippen LogP contribution is -2.12. The van der Waals surface area contributed by atoms with Crippen molar-refractivity contribution in [2.45, 2.75) is 18.9 Å². The van der Waals surface area contributed by atoms with Crippen LogP contribution in [0, 0.1) is 0 Å². The first-order chi connectivity index (χ1) is 8.13. The second kappa shape index (κ2) is 6.32. The maximum absolute atomic E-state index is 9.90. The van der Waals surface area contributed by atoms with Gasteiger partial charge in [-0.2, -0.15) is 0 Å². The molecule has 0 amide bonds. The van der Waals surface area contributed by atoms with Crippen LogP contribution < -0.4 is 15.2 Å². The highest BCUT2D eigenvalue weighted by Crippen LogP contribution is 2.37. The first-order valence-electron chi connectivity index (χ1n) is 5.45. The molecule has 1 rings (SSSR count). The van der Waals surface area contributed by atoms with Gasteiger partial charge in [0.05, 0.1) is 19.8 Å². The molecule has 0 saturated heterocycles. The van der Waals surface area contributed by atoms with Gasteiger partial charge in [0.2, 0.25) is 0 Å². The van der Waals surface area contributed by atoms with Gasteiger partial charge in [0, 0.05) is 24.8 Å². The second-order valence-electron chi connectivity index (χ2n) is 3.73. The fraction of sp³-hybridized carbons (Fsp3) is 0.500. The Hall–Kier alpha value is -1.46. The van der Waals surface area contributed by atoms with E-state index in [9.17, 15) is 5.11 Å². The van der Waals surface area contributed by atoms with Crippen LogP contribution >= 0.6 is 0 Å². The molecule has 0 bridgehead atoms. The third kappa shape index (κ3) is 3.25. The Morgan fingerprint density at radius 3 is 2.53 bits per heavy atom. The number of nitrogens with two attached hydrogens (primary N) is 1. The summed E-state index contributed by atoms with van der Waals surface area (Å²) >= 11 is 0. The number of aliphatic hydroxyl groups is 1. The minimum Gasteiger partial charge on any atom is -0.507 e. The van der Waals surface area contributed by atoms with Gasteiger partial charge in [-0.1, -0.05) is 0 Å². The SMILES string of the molecule is COc1cc(O)c([C@H](N)CCCO)c(OC)c1. The average Bonchev–Trinajstić information content (AvgIpc) is 2.34. The molecule has 0 aliphatic carbocycles. The molecular formula is C12H19NO4. The molecule has 1 aromatic carbocycles. The fourth-order valence-electron chi connectivity index (χ4n) is 1.70. The van der Waals surface area contributed by atoms with Crippen LogP contribution in [0.1, 0.15) is 24.4 Å². The maximum Gasteiger partial charge on any atom is 0.131 e. The number of hydrogen-bond donors (Lipinski definition) is 3. The molecule has 17 heavy (non-hydrogen) atoms. The van der Waals surface area contributed by atoms with E-state index in [1.54, 1.807) is 6.07 Å². The summed E-state index contributed by atoms with van der Waals surface area (Å²) in [7, 11) is 3.02. The van der Waals surface area contributed by atoms with E-state index in [1.807, 2.05) is 0 Å². The fourth-order valence-corrected chi connectivity index (χ4v) is 1.70. The molecule has 1 aromatic rings. The first kappa shape index (κ1) is 13.6. The van der Waals surface area contributed by atoms with Crippen molar-refractivity contribution in [3.05, 3.63) is 17.7 Å². The van der Waals surface area contributed by atoms with Crippen LogP contribution in [-0.2, 0) is 0 Å². The Kier molecular flexibility index (Phi) is 5.06. The van der Waals surface area contributed by atoms with Crippen molar-refractivity contribution < 1.29 is 19.7 Å². The number of phenols is 1. The highest BCUT2D eigenvalue weighted by Gasteiger charge is 2.18. The van der Waals surface area contributed by atoms with E-state index in [0.29, 0.717) is 29.9 Å². The molecule has 0 unspecified atom stereocenters. The lowest BCUT2D eigenvalue weighted by molar-refractivity contribution is 0.278. The van der Waals surface area contributed by atoms with E-state index in [-0.39, 0.29) is 18.4 Å². The minimum absolute atomic E-state index is 0.0478. The summed E-state index contributed by atoms with van der Waals surface area (Å²) in [6.45, 7) is 0.0763. The molecule has 5 heteroatoms. The maximum atomic E-state index is 9.90. The molecule has 0 aromatic heterocycles. The lowest BCUT2D eigenvalue weighted by atomic mass is 10.0. The normalized spacial score (nSPS) is 12.2. The Labute approximate surface area is 101 Å². The van der Waals surface area contributed by atoms with Crippen LogP contribution in [-0.4, -0.2) is 31.0 Å². The molecule has 4 N–H and O–H groups in total. The van der Waals surface area contributed by atoms with Crippen molar-refractivity contribution in [3.8, 4) is 17.2 Å². The van der Waals surface area contributed by atoms with Crippen LogP contribution in [0.3, 0.4) is 0 Å². The number of hydrogen-bond acceptors (Lipinski definition) is 5. The molecule has 0 radical (unpaired) electrons. The standard InChI is InChI=1S/C12H19NO4/c1-16-8-6-10(15)12(11(7-8)17-2)9(13)4-3-5-14/h6-7,9,14-15H,3-5,13H2,1-2H3/t9-/m1/s1. The molecule has 0 aliphatic rings. The summed E-state index contributed by atoms with van der Waals surface area (Å²) in [6, 6.07) is 2.80. The molecule has 0 fully saturated rings. The van der Waals surface area contributed by atoms with Gasteiger partial charge in [0.15, 0.2) is 0 Å². The number of aliphatic hydroxyl groups excluding tert-OH is 1. The van der Waals surface area contributed by atoms with Crippen LogP contribution in [0.2, 0.25) is 0 Å². The van der Waals surface area contributed by atoms with Crippen LogP contribution in [0.25, 0.3) is 0 Å². The Morgan fingerprint density at radius 2 is 2.00 bits per heavy atom. The summed E-state index contributed by atoms with van der Waals surface area (Å²) in [5.74, 6) is 1.05. The highest BCUT2D eigenvalue weighted by molar-refractivity contribution is 5.51. The smallest absolute Gasteiger partial charge is 0.131 e. The third-order valence-corrected chi connectivity index (χ3v) is 2.59. The second-order valence-corrected chi connectivity index (χ2v) is 3.73. The predicted octanol–water partition coefficient (Wildman–Crippen LogP) is 1.18. The first-order valence-corrected chi connectivity index (χ1v) is 5.45. The van der Waals surface area contributed by atoms with Gasteiger partial charge in [0.1, 0.15) is 17.2 Å². The van der Waals surface area contributed by atoms with E-state index in [4.69, 9.17) is 20.3 Å². The molecule has 0 heterocycles. The zero-order valence-electron chi connectivity index (χ0n) is 10.1. The van der Waals surface area contributed by atoms with Crippen molar-refractivity contribution in [2.24, 2.45) is 5.73 Å². The molecule has 96 valence electrons. The topological polar surface area (TPSA) is 84.9 Å². The monoisotopic (exact) mass is 241 g/mol. The number of aromatic hydroxyl groups is 1. The van der Waals surface area contributed by atoms with Crippen LogP contribution in [0.15, 0.2) is 12.1 Å². The summed E-state index contributed by atoms with van der Waals surface area (Å²) in [5, 5.41) is 18.7. The van der Waals surface area contributed by atoms with Gasteiger partial charge in [0.25, 0.3) is 0 Å². The molecule has 0 saturated carbocycles. The van der Waals surface area contributed by atoms with Crippen molar-refractivity contribution in [3.63, 3.8) is 0 Å². The van der Waals surface area contributed by atoms with Gasteiger partial charge < -0.3 is 25.4 Å². The summed E-state index contributed by atoms with van der Waals surface area (Å²) in [5.41, 5.74) is 6.50. The van der Waals surface area contributed by atoms with E-state index in [1.165, 1.54) is 20.3 Å². The van der Waals surface area contributed by atoms with E-state index in [0.717, 1.165) is 0 Å². The van der Waals surface area contributed by atoms with Crippen LogP contribution in [0.4, 0.5) is 0 Å². The summed E-state index contributed by atoms with van der Waals surface area (Å²) in [4.78, 5) is 0. The molecule has 0 spiro atoms. The van der Waals surface area contributed by atoms with Gasteiger partial charge in [-0.3, -0.25) is 0 Å². The molecule has 0 aliphatic heterocycles. The average molecular weight is 241 g/mol. The van der Waals surface area contributed by atoms with Gasteiger partial charge in [-0.15, -0.1) is 0 Å². The summed E-state index contributed by atoms with van der Waals surface area (Å²) < 4.78 is 10.2. The van der Waals surface area contributed by atoms with E-state index >= 15 is 0 Å². The number of ether oxygens (including phenoxy) is 2. The quantitative estimate of drug-likeness (QED) is 0.696. The number of rotatable bonds is 6. The zero-order chi connectivity index (χ0) is 12.8. The molecular weight excluding hydrogens is 222 g/mol. The van der Waals surface area contributed by atoms with Crippen LogP contribution in [0.5, 0.6) is 17.2 Å². The Morgan fingerprint density at radius 1 is 1.29 bits per heavy atom. The number of benzene rings is 1.